The third-order valence-corrected chi connectivity index (χ3v) is 6.57. The molecule has 6 N–H and O–H groups in total. The summed E-state index contributed by atoms with van der Waals surface area (Å²) >= 11 is 0. The highest BCUT2D eigenvalue weighted by molar-refractivity contribution is 5.68. The maximum atomic E-state index is 12.5. The molecule has 3 rings (SSSR count). The number of alkyl carbamates (subject to hydrolysis) is 1. The van der Waals surface area contributed by atoms with E-state index < -0.39 is 42.1 Å². The van der Waals surface area contributed by atoms with Crippen LogP contribution in [0.2, 0.25) is 0 Å². The summed E-state index contributed by atoms with van der Waals surface area (Å²) in [7, 11) is 0. The maximum absolute atomic E-state index is 12.5. The molecule has 3 aromatic rings. The maximum Gasteiger partial charge on any atom is 0.407 e. The zero-order valence-corrected chi connectivity index (χ0v) is 24.9. The molecule has 0 aliphatic carbocycles. The molecule has 0 fully saturated rings. The first kappa shape index (κ1) is 33.4. The molecular formula is C33H43N3O7. The fourth-order valence-corrected chi connectivity index (χ4v) is 4.43. The van der Waals surface area contributed by atoms with E-state index in [9.17, 15) is 24.9 Å². The van der Waals surface area contributed by atoms with Crippen LogP contribution >= 0.6 is 0 Å². The molecule has 0 saturated heterocycles. The Bertz CT molecular complexity index is 1250. The minimum atomic E-state index is -1.25. The highest BCUT2D eigenvalue weighted by Crippen LogP contribution is 2.16. The van der Waals surface area contributed by atoms with E-state index in [4.69, 9.17) is 9.47 Å². The van der Waals surface area contributed by atoms with Gasteiger partial charge in [0.1, 0.15) is 18.0 Å². The van der Waals surface area contributed by atoms with Gasteiger partial charge in [-0.2, -0.15) is 0 Å². The highest BCUT2D eigenvalue weighted by Gasteiger charge is 2.26. The van der Waals surface area contributed by atoms with Crippen molar-refractivity contribution in [1.82, 2.24) is 16.0 Å². The molecule has 0 aromatic heterocycles. The predicted molar refractivity (Wildman–Crippen MR) is 164 cm³/mol. The van der Waals surface area contributed by atoms with Crippen LogP contribution in [0.4, 0.5) is 9.59 Å². The van der Waals surface area contributed by atoms with Crippen molar-refractivity contribution < 1.29 is 34.4 Å². The fraction of sp³-hybridized carbons (Fsp3) is 0.394. The van der Waals surface area contributed by atoms with E-state index in [0.29, 0.717) is 18.8 Å². The van der Waals surface area contributed by atoms with Crippen LogP contribution in [0.5, 0.6) is 5.75 Å². The Morgan fingerprint density at radius 3 is 1.72 bits per heavy atom. The number of nitrogens with one attached hydrogen (secondary N) is 3. The third-order valence-electron chi connectivity index (χ3n) is 6.57. The van der Waals surface area contributed by atoms with Gasteiger partial charge in [0, 0.05) is 13.1 Å². The summed E-state index contributed by atoms with van der Waals surface area (Å²) in [6.07, 6.45) is -3.41. The predicted octanol–water partition coefficient (Wildman–Crippen LogP) is 3.89. The molecular weight excluding hydrogens is 550 g/mol. The number of benzene rings is 3. The van der Waals surface area contributed by atoms with Gasteiger partial charge in [-0.3, -0.25) is 0 Å². The summed E-state index contributed by atoms with van der Waals surface area (Å²) in [5.74, 6) is 0.677. The van der Waals surface area contributed by atoms with E-state index in [1.54, 1.807) is 20.8 Å². The number of hydrogen-bond acceptors (Lipinski definition) is 7. The quantitative estimate of drug-likeness (QED) is 0.155. The van der Waals surface area contributed by atoms with E-state index >= 15 is 0 Å². The van der Waals surface area contributed by atoms with Crippen molar-refractivity contribution >= 4 is 12.2 Å². The molecule has 43 heavy (non-hydrogen) atoms. The lowest BCUT2D eigenvalue weighted by molar-refractivity contribution is 0.0416. The van der Waals surface area contributed by atoms with E-state index in [1.165, 1.54) is 0 Å². The Morgan fingerprint density at radius 2 is 1.21 bits per heavy atom. The van der Waals surface area contributed by atoms with Crippen LogP contribution in [-0.4, -0.2) is 70.5 Å². The van der Waals surface area contributed by atoms with Gasteiger partial charge in [0.25, 0.3) is 0 Å². The first-order valence-electron chi connectivity index (χ1n) is 14.3. The third kappa shape index (κ3) is 12.7. The number of aliphatic hydroxyl groups is 2. The molecule has 4 atom stereocenters. The molecule has 232 valence electrons. The lowest BCUT2D eigenvalue weighted by Crippen LogP contribution is -2.52. The highest BCUT2D eigenvalue weighted by atomic mass is 16.6. The second-order valence-electron chi connectivity index (χ2n) is 11.4. The van der Waals surface area contributed by atoms with Crippen LogP contribution in [0, 0.1) is 0 Å². The monoisotopic (exact) mass is 593 g/mol. The number of carbonyl (C=O) groups is 2. The number of amides is 2. The molecule has 1 unspecified atom stereocenters. The number of aliphatic hydroxyl groups excluding tert-OH is 2. The van der Waals surface area contributed by atoms with Crippen LogP contribution < -0.4 is 20.7 Å². The average Bonchev–Trinajstić information content (AvgIpc) is 2.96. The van der Waals surface area contributed by atoms with Crippen molar-refractivity contribution in [3.63, 3.8) is 0 Å². The number of ether oxygens (including phenoxy) is 2. The Labute approximate surface area is 253 Å². The molecule has 0 spiro atoms. The zero-order valence-electron chi connectivity index (χ0n) is 24.9. The average molecular weight is 594 g/mol. The summed E-state index contributed by atoms with van der Waals surface area (Å²) in [5.41, 5.74) is 2.08. The van der Waals surface area contributed by atoms with Crippen molar-refractivity contribution in [2.45, 2.75) is 70.1 Å². The first-order chi connectivity index (χ1) is 20.5. The number of hydrogen-bond donors (Lipinski definition) is 6. The fourth-order valence-electron chi connectivity index (χ4n) is 4.43. The van der Waals surface area contributed by atoms with Crippen molar-refractivity contribution in [2.24, 2.45) is 0 Å². The molecule has 0 radical (unpaired) electrons. The SMILES string of the molecule is CC(C)(C)OC(=O)N[C@H](Cc1ccccc1)C(O)CNC[C@H](O)[C@H](Cc1ccc(OCc2ccccc2)cc1)NC(=O)O. The van der Waals surface area contributed by atoms with Gasteiger partial charge < -0.3 is 40.7 Å². The second kappa shape index (κ2) is 16.5. The van der Waals surface area contributed by atoms with Crippen molar-refractivity contribution in [1.29, 1.82) is 0 Å². The minimum Gasteiger partial charge on any atom is -0.489 e. The Hall–Kier alpha value is -4.12. The summed E-state index contributed by atoms with van der Waals surface area (Å²) < 4.78 is 11.2. The van der Waals surface area contributed by atoms with Gasteiger partial charge in [0.2, 0.25) is 0 Å². The molecule has 0 heterocycles. The smallest absolute Gasteiger partial charge is 0.407 e. The summed E-state index contributed by atoms with van der Waals surface area (Å²) in [6.45, 7) is 5.75. The Balaban J connectivity index is 1.55. The molecule has 0 bridgehead atoms. The van der Waals surface area contributed by atoms with Gasteiger partial charge in [0.15, 0.2) is 0 Å². The molecule has 2 amide bonds. The van der Waals surface area contributed by atoms with Gasteiger partial charge >= 0.3 is 12.2 Å². The number of carbonyl (C=O) groups excluding carboxylic acids is 1. The van der Waals surface area contributed by atoms with E-state index in [2.05, 4.69) is 16.0 Å². The summed E-state index contributed by atoms with van der Waals surface area (Å²) in [4.78, 5) is 23.9. The van der Waals surface area contributed by atoms with Crippen molar-refractivity contribution in [2.75, 3.05) is 13.1 Å². The Kier molecular flexibility index (Phi) is 12.8. The van der Waals surface area contributed by atoms with Gasteiger partial charge in [-0.1, -0.05) is 72.8 Å². The van der Waals surface area contributed by atoms with Gasteiger partial charge in [-0.05, 0) is 62.4 Å². The van der Waals surface area contributed by atoms with Crippen LogP contribution in [0.25, 0.3) is 0 Å². The van der Waals surface area contributed by atoms with Crippen LogP contribution in [0.3, 0.4) is 0 Å². The second-order valence-corrected chi connectivity index (χ2v) is 11.4. The van der Waals surface area contributed by atoms with E-state index in [0.717, 1.165) is 16.7 Å². The number of carboxylic acid groups (broad SMARTS) is 1. The topological polar surface area (TPSA) is 149 Å². The molecule has 10 nitrogen and oxygen atoms in total. The largest absolute Gasteiger partial charge is 0.489 e. The van der Waals surface area contributed by atoms with Gasteiger partial charge in [0.05, 0.1) is 24.3 Å². The van der Waals surface area contributed by atoms with Crippen LogP contribution in [-0.2, 0) is 24.2 Å². The van der Waals surface area contributed by atoms with E-state index in [1.807, 2.05) is 84.9 Å². The summed E-state index contributed by atoms with van der Waals surface area (Å²) in [6, 6.07) is 25.0. The molecule has 10 heteroatoms. The minimum absolute atomic E-state index is 0.00473. The number of rotatable bonds is 15. The van der Waals surface area contributed by atoms with Gasteiger partial charge in [-0.15, -0.1) is 0 Å². The lowest BCUT2D eigenvalue weighted by atomic mass is 10.00. The van der Waals surface area contributed by atoms with E-state index in [-0.39, 0.29) is 19.5 Å². The van der Waals surface area contributed by atoms with Crippen LogP contribution in [0.15, 0.2) is 84.9 Å². The molecule has 3 aromatic carbocycles. The summed E-state index contributed by atoms with van der Waals surface area (Å²) in [5, 5.41) is 39.3. The zero-order chi connectivity index (χ0) is 31.2. The standard InChI is InChI=1S/C33H43N3O7/c1-33(2,3)43-32(41)36-28(18-23-10-6-4-7-11-23)30(38)21-34-20-29(37)27(35-31(39)40)19-24-14-16-26(17-15-24)42-22-25-12-8-5-9-13-25/h4-17,27-30,34-35,37-38H,18-22H2,1-3H3,(H,36,41)(H,39,40)/t27-,28+,29-,30?/m0/s1. The molecule has 0 saturated carbocycles. The van der Waals surface area contributed by atoms with Crippen molar-refractivity contribution in [3.8, 4) is 5.75 Å². The molecule has 0 aliphatic heterocycles. The lowest BCUT2D eigenvalue weighted by Gasteiger charge is -2.28. The molecule has 0 aliphatic rings. The first-order valence-corrected chi connectivity index (χ1v) is 14.3. The van der Waals surface area contributed by atoms with Crippen LogP contribution in [0.1, 0.15) is 37.5 Å². The van der Waals surface area contributed by atoms with Crippen molar-refractivity contribution in [3.05, 3.63) is 102 Å². The Morgan fingerprint density at radius 1 is 0.721 bits per heavy atom. The normalized spacial score (nSPS) is 14.2. The van der Waals surface area contributed by atoms with Gasteiger partial charge in [-0.25, -0.2) is 9.59 Å².